The Labute approximate surface area is 178 Å². The predicted octanol–water partition coefficient (Wildman–Crippen LogP) is 5.60. The highest BCUT2D eigenvalue weighted by molar-refractivity contribution is 7.21. The molecular weight excluding hydrogens is 413 g/mol. The van der Waals surface area contributed by atoms with Gasteiger partial charge in [-0.1, -0.05) is 48.3 Å². The molecule has 1 aromatic heterocycles. The van der Waals surface area contributed by atoms with Crippen molar-refractivity contribution in [3.05, 3.63) is 57.4 Å². The first-order chi connectivity index (χ1) is 13.6. The van der Waals surface area contributed by atoms with E-state index in [0.29, 0.717) is 20.6 Å². The Kier molecular flexibility index (Phi) is 5.78. The molecule has 4 rings (SSSR count). The largest absolute Gasteiger partial charge is 0.368 e. The van der Waals surface area contributed by atoms with Gasteiger partial charge in [0.15, 0.2) is 0 Å². The summed E-state index contributed by atoms with van der Waals surface area (Å²) >= 11 is 14.3. The summed E-state index contributed by atoms with van der Waals surface area (Å²) in [6.45, 7) is 7.24. The SMILES string of the molecule is CCN1CCN(c2ccc(NC(=O)c3sc4ccccc4c3Cl)cc2Cl)CC1. The third kappa shape index (κ3) is 3.85. The number of hydrogen-bond donors (Lipinski definition) is 1. The molecule has 2 heterocycles. The molecule has 0 radical (unpaired) electrons. The van der Waals surface area contributed by atoms with E-state index in [9.17, 15) is 4.79 Å². The van der Waals surface area contributed by atoms with Crippen molar-refractivity contribution in [1.29, 1.82) is 0 Å². The molecule has 0 bridgehead atoms. The number of rotatable bonds is 4. The number of benzene rings is 2. The van der Waals surface area contributed by atoms with Crippen LogP contribution in [0.1, 0.15) is 16.6 Å². The zero-order valence-corrected chi connectivity index (χ0v) is 17.9. The molecule has 0 saturated carbocycles. The lowest BCUT2D eigenvalue weighted by molar-refractivity contribution is 0.103. The molecule has 0 atom stereocenters. The number of anilines is 2. The number of nitrogens with one attached hydrogen (secondary N) is 1. The summed E-state index contributed by atoms with van der Waals surface area (Å²) in [7, 11) is 0. The van der Waals surface area contributed by atoms with Crippen LogP contribution >= 0.6 is 34.5 Å². The molecule has 7 heteroatoms. The van der Waals surface area contributed by atoms with Crippen LogP contribution in [0.4, 0.5) is 11.4 Å². The van der Waals surface area contributed by atoms with Gasteiger partial charge in [0.2, 0.25) is 0 Å². The molecule has 1 aliphatic heterocycles. The van der Waals surface area contributed by atoms with E-state index >= 15 is 0 Å². The molecule has 0 aliphatic carbocycles. The molecule has 1 N–H and O–H groups in total. The zero-order valence-electron chi connectivity index (χ0n) is 15.5. The van der Waals surface area contributed by atoms with Crippen molar-refractivity contribution in [2.24, 2.45) is 0 Å². The molecule has 0 unspecified atom stereocenters. The van der Waals surface area contributed by atoms with Crippen LogP contribution in [-0.2, 0) is 0 Å². The number of likely N-dealkylation sites (N-methyl/N-ethyl adjacent to an activating group) is 1. The van der Waals surface area contributed by atoms with Gasteiger partial charge >= 0.3 is 0 Å². The van der Waals surface area contributed by atoms with Gasteiger partial charge < -0.3 is 15.1 Å². The summed E-state index contributed by atoms with van der Waals surface area (Å²) in [5, 5.41) is 4.96. The Hall–Kier alpha value is -1.79. The molecule has 4 nitrogen and oxygen atoms in total. The maximum atomic E-state index is 12.7. The van der Waals surface area contributed by atoms with Crippen molar-refractivity contribution in [1.82, 2.24) is 4.90 Å². The number of piperazine rings is 1. The summed E-state index contributed by atoms with van der Waals surface area (Å²) in [5.74, 6) is -0.216. The predicted molar refractivity (Wildman–Crippen MR) is 121 cm³/mol. The standard InChI is InChI=1S/C21H21Cl2N3OS/c1-2-25-9-11-26(12-10-25)17-8-7-14(13-16(17)22)24-21(27)20-19(23)15-5-3-4-6-18(15)28-20/h3-8,13H,2,9-12H2,1H3,(H,24,27). The van der Waals surface area contributed by atoms with E-state index < -0.39 is 0 Å². The minimum absolute atomic E-state index is 0.216. The average Bonchev–Trinajstić information content (AvgIpc) is 3.05. The average molecular weight is 434 g/mol. The Bertz CT molecular complexity index is 1010. The Morgan fingerprint density at radius 3 is 2.54 bits per heavy atom. The van der Waals surface area contributed by atoms with Crippen molar-refractivity contribution in [3.63, 3.8) is 0 Å². The van der Waals surface area contributed by atoms with Crippen LogP contribution in [0.25, 0.3) is 10.1 Å². The van der Waals surface area contributed by atoms with Gasteiger partial charge in [-0.2, -0.15) is 0 Å². The fourth-order valence-electron chi connectivity index (χ4n) is 3.49. The van der Waals surface area contributed by atoms with Crippen LogP contribution in [0.2, 0.25) is 10.0 Å². The number of thiophene rings is 1. The minimum atomic E-state index is -0.216. The van der Waals surface area contributed by atoms with Crippen LogP contribution in [0.5, 0.6) is 0 Å². The van der Waals surface area contributed by atoms with Gasteiger partial charge in [-0.3, -0.25) is 4.79 Å². The van der Waals surface area contributed by atoms with Crippen LogP contribution in [0.3, 0.4) is 0 Å². The van der Waals surface area contributed by atoms with Gasteiger partial charge in [-0.05, 0) is 30.8 Å². The number of amides is 1. The number of halogens is 2. The number of hydrogen-bond acceptors (Lipinski definition) is 4. The second kappa shape index (κ2) is 8.29. The summed E-state index contributed by atoms with van der Waals surface area (Å²) in [5.41, 5.74) is 1.68. The number of carbonyl (C=O) groups is 1. The molecule has 0 spiro atoms. The van der Waals surface area contributed by atoms with E-state index in [1.165, 1.54) is 11.3 Å². The first kappa shape index (κ1) is 19.5. The fourth-order valence-corrected chi connectivity index (χ4v) is 5.21. The first-order valence-corrected chi connectivity index (χ1v) is 10.9. The zero-order chi connectivity index (χ0) is 19.7. The lowest BCUT2D eigenvalue weighted by Gasteiger charge is -2.36. The summed E-state index contributed by atoms with van der Waals surface area (Å²) < 4.78 is 0.997. The van der Waals surface area contributed by atoms with Gasteiger partial charge in [0.1, 0.15) is 4.88 Å². The topological polar surface area (TPSA) is 35.6 Å². The first-order valence-electron chi connectivity index (χ1n) is 9.32. The van der Waals surface area contributed by atoms with Crippen molar-refractivity contribution < 1.29 is 4.79 Å². The van der Waals surface area contributed by atoms with Crippen LogP contribution in [0, 0.1) is 0 Å². The smallest absolute Gasteiger partial charge is 0.267 e. The molecule has 1 fully saturated rings. The van der Waals surface area contributed by atoms with Crippen molar-refractivity contribution >= 4 is 61.9 Å². The van der Waals surface area contributed by atoms with Crippen molar-refractivity contribution in [3.8, 4) is 0 Å². The second-order valence-corrected chi connectivity index (χ2v) is 8.62. The molecular formula is C21H21Cl2N3OS. The molecule has 28 heavy (non-hydrogen) atoms. The van der Waals surface area contributed by atoms with Crippen molar-refractivity contribution in [2.75, 3.05) is 42.9 Å². The molecule has 2 aromatic carbocycles. The highest BCUT2D eigenvalue weighted by Gasteiger charge is 2.20. The fraction of sp³-hybridized carbons (Fsp3) is 0.286. The van der Waals surface area contributed by atoms with Gasteiger partial charge in [-0.25, -0.2) is 0 Å². The van der Waals surface area contributed by atoms with E-state index in [-0.39, 0.29) is 5.91 Å². The van der Waals surface area contributed by atoms with E-state index in [1.807, 2.05) is 42.5 Å². The van der Waals surface area contributed by atoms with Crippen LogP contribution in [0.15, 0.2) is 42.5 Å². The molecule has 146 valence electrons. The van der Waals surface area contributed by atoms with E-state index in [0.717, 1.165) is 48.5 Å². The molecule has 1 saturated heterocycles. The Balaban J connectivity index is 1.50. The lowest BCUT2D eigenvalue weighted by Crippen LogP contribution is -2.46. The lowest BCUT2D eigenvalue weighted by atomic mass is 10.2. The number of nitrogens with zero attached hydrogens (tertiary/aromatic N) is 2. The highest BCUT2D eigenvalue weighted by Crippen LogP contribution is 2.36. The van der Waals surface area contributed by atoms with Gasteiger partial charge in [0, 0.05) is 42.0 Å². The summed E-state index contributed by atoms with van der Waals surface area (Å²) in [6.07, 6.45) is 0. The third-order valence-electron chi connectivity index (χ3n) is 5.11. The van der Waals surface area contributed by atoms with E-state index in [2.05, 4.69) is 22.0 Å². The number of fused-ring (bicyclic) bond motifs is 1. The normalized spacial score (nSPS) is 15.2. The van der Waals surface area contributed by atoms with Gasteiger partial charge in [0.25, 0.3) is 5.91 Å². The minimum Gasteiger partial charge on any atom is -0.368 e. The quantitative estimate of drug-likeness (QED) is 0.581. The molecule has 1 amide bonds. The Morgan fingerprint density at radius 1 is 1.11 bits per heavy atom. The van der Waals surface area contributed by atoms with Gasteiger partial charge in [0.05, 0.1) is 15.7 Å². The maximum absolute atomic E-state index is 12.7. The molecule has 3 aromatic rings. The summed E-state index contributed by atoms with van der Waals surface area (Å²) in [6, 6.07) is 13.4. The van der Waals surface area contributed by atoms with E-state index in [4.69, 9.17) is 23.2 Å². The van der Waals surface area contributed by atoms with Crippen LogP contribution in [-0.4, -0.2) is 43.5 Å². The monoisotopic (exact) mass is 433 g/mol. The Morgan fingerprint density at radius 2 is 1.86 bits per heavy atom. The summed E-state index contributed by atoms with van der Waals surface area (Å²) in [4.78, 5) is 18.0. The van der Waals surface area contributed by atoms with E-state index in [1.54, 1.807) is 0 Å². The second-order valence-electron chi connectivity index (χ2n) is 6.78. The third-order valence-corrected chi connectivity index (χ3v) is 7.08. The van der Waals surface area contributed by atoms with Crippen LogP contribution < -0.4 is 10.2 Å². The van der Waals surface area contributed by atoms with Gasteiger partial charge in [-0.15, -0.1) is 11.3 Å². The van der Waals surface area contributed by atoms with Crippen molar-refractivity contribution in [2.45, 2.75) is 6.92 Å². The maximum Gasteiger partial charge on any atom is 0.267 e. The highest BCUT2D eigenvalue weighted by atomic mass is 35.5. The number of carbonyl (C=O) groups excluding carboxylic acids is 1. The molecule has 1 aliphatic rings.